The lowest BCUT2D eigenvalue weighted by Gasteiger charge is -2.35. The summed E-state index contributed by atoms with van der Waals surface area (Å²) in [6.07, 6.45) is 1.68. The quantitative estimate of drug-likeness (QED) is 0.931. The molecule has 3 rings (SSSR count). The van der Waals surface area contributed by atoms with E-state index in [1.54, 1.807) is 0 Å². The highest BCUT2D eigenvalue weighted by Crippen LogP contribution is 2.40. The summed E-state index contributed by atoms with van der Waals surface area (Å²) in [6.45, 7) is 0.129. The molecule has 1 aromatic rings. The molecule has 0 amide bonds. The van der Waals surface area contributed by atoms with Gasteiger partial charge in [0.1, 0.15) is 18.4 Å². The summed E-state index contributed by atoms with van der Waals surface area (Å²) in [5.41, 5.74) is -0.403. The van der Waals surface area contributed by atoms with Crippen LogP contribution in [-0.2, 0) is 20.7 Å². The number of phenols is 1. The van der Waals surface area contributed by atoms with Crippen molar-refractivity contribution in [3.8, 4) is 5.75 Å². The van der Waals surface area contributed by atoms with Gasteiger partial charge in [-0.15, -0.1) is 0 Å². The molecule has 1 aromatic carbocycles. The number of carbonyl (C=O) groups excluding carboxylic acids is 1. The highest BCUT2D eigenvalue weighted by Gasteiger charge is 2.48. The van der Waals surface area contributed by atoms with Crippen molar-refractivity contribution >= 4 is 5.78 Å². The number of phenolic OH excluding ortho intramolecular Hbond substituents is 1. The van der Waals surface area contributed by atoms with Gasteiger partial charge in [-0.25, -0.2) is 8.78 Å². The Hall–Kier alpha value is -1.53. The number of rotatable bonds is 3. The predicted molar refractivity (Wildman–Crippen MR) is 68.8 cm³/mol. The predicted octanol–water partition coefficient (Wildman–Crippen LogP) is 2.47. The fraction of sp³-hybridized carbons (Fsp3) is 0.533. The Labute approximate surface area is 120 Å². The Balaban J connectivity index is 1.75. The summed E-state index contributed by atoms with van der Waals surface area (Å²) < 4.78 is 38.2. The Bertz CT molecular complexity index is 575. The van der Waals surface area contributed by atoms with Crippen molar-refractivity contribution in [3.63, 3.8) is 0 Å². The molecule has 1 N–H and O–H groups in total. The standard InChI is InChI=1S/C15H16F2O4/c16-11-7-13(19)12(17)5-9(11)1-3-15-4-2-10(18)6-14(15)20-8-21-15/h5,7,14,19H,1-4,6,8H2/t14-,15+/m1/s1. The third-order valence-corrected chi connectivity index (χ3v) is 4.38. The first-order valence-corrected chi connectivity index (χ1v) is 6.94. The summed E-state index contributed by atoms with van der Waals surface area (Å²) in [5, 5.41) is 9.12. The first-order valence-electron chi connectivity index (χ1n) is 6.94. The maximum absolute atomic E-state index is 13.7. The van der Waals surface area contributed by atoms with Crippen molar-refractivity contribution in [3.05, 3.63) is 29.3 Å². The SMILES string of the molecule is O=C1CC[C@]2(CCc3cc(F)c(O)cc3F)OCO[C@@H]2C1. The van der Waals surface area contributed by atoms with Gasteiger partial charge >= 0.3 is 0 Å². The van der Waals surface area contributed by atoms with Crippen LogP contribution in [0.1, 0.15) is 31.2 Å². The lowest BCUT2D eigenvalue weighted by atomic mass is 9.78. The van der Waals surface area contributed by atoms with Crippen LogP contribution in [0.4, 0.5) is 8.78 Å². The van der Waals surface area contributed by atoms with Gasteiger partial charge in [0, 0.05) is 18.9 Å². The minimum absolute atomic E-state index is 0.129. The van der Waals surface area contributed by atoms with E-state index >= 15 is 0 Å². The molecule has 114 valence electrons. The molecule has 1 aliphatic heterocycles. The molecule has 2 aliphatic rings. The zero-order valence-corrected chi connectivity index (χ0v) is 11.4. The van der Waals surface area contributed by atoms with E-state index in [1.807, 2.05) is 0 Å². The number of ether oxygens (including phenoxy) is 2. The van der Waals surface area contributed by atoms with Gasteiger partial charge in [0.15, 0.2) is 11.6 Å². The summed E-state index contributed by atoms with van der Waals surface area (Å²) >= 11 is 0. The smallest absolute Gasteiger partial charge is 0.165 e. The highest BCUT2D eigenvalue weighted by molar-refractivity contribution is 5.80. The number of Topliss-reactive ketones (excluding diaryl/α,β-unsaturated/α-hetero) is 1. The van der Waals surface area contributed by atoms with Gasteiger partial charge in [-0.3, -0.25) is 4.79 Å². The first-order chi connectivity index (χ1) is 10.00. The molecule has 0 aromatic heterocycles. The molecule has 1 aliphatic carbocycles. The van der Waals surface area contributed by atoms with Crippen LogP contribution in [0.2, 0.25) is 0 Å². The number of ketones is 1. The van der Waals surface area contributed by atoms with Crippen molar-refractivity contribution in [2.45, 2.75) is 43.8 Å². The molecular weight excluding hydrogens is 282 g/mol. The number of fused-ring (bicyclic) bond motifs is 1. The summed E-state index contributed by atoms with van der Waals surface area (Å²) in [7, 11) is 0. The maximum Gasteiger partial charge on any atom is 0.165 e. The van der Waals surface area contributed by atoms with Crippen LogP contribution >= 0.6 is 0 Å². The number of hydrogen-bond acceptors (Lipinski definition) is 4. The fourth-order valence-electron chi connectivity index (χ4n) is 3.09. The van der Waals surface area contributed by atoms with Gasteiger partial charge in [0.05, 0.1) is 11.7 Å². The van der Waals surface area contributed by atoms with Crippen LogP contribution in [0, 0.1) is 11.6 Å². The van der Waals surface area contributed by atoms with E-state index in [2.05, 4.69) is 0 Å². The van der Waals surface area contributed by atoms with Crippen molar-refractivity contribution in [1.29, 1.82) is 0 Å². The van der Waals surface area contributed by atoms with Gasteiger partial charge in [0.25, 0.3) is 0 Å². The van der Waals surface area contributed by atoms with Crippen molar-refractivity contribution < 1.29 is 28.2 Å². The third-order valence-electron chi connectivity index (χ3n) is 4.38. The molecule has 1 heterocycles. The molecule has 21 heavy (non-hydrogen) atoms. The van der Waals surface area contributed by atoms with Gasteiger partial charge in [-0.05, 0) is 30.9 Å². The van der Waals surface area contributed by atoms with Crippen molar-refractivity contribution in [1.82, 2.24) is 0 Å². The second-order valence-electron chi connectivity index (χ2n) is 5.62. The minimum Gasteiger partial charge on any atom is -0.505 e. The van der Waals surface area contributed by atoms with E-state index in [-0.39, 0.29) is 30.7 Å². The molecule has 0 bridgehead atoms. The second kappa shape index (κ2) is 5.35. The van der Waals surface area contributed by atoms with Crippen LogP contribution in [0.25, 0.3) is 0 Å². The molecular formula is C15H16F2O4. The Morgan fingerprint density at radius 3 is 2.95 bits per heavy atom. The van der Waals surface area contributed by atoms with Crippen molar-refractivity contribution in [2.75, 3.05) is 6.79 Å². The monoisotopic (exact) mass is 298 g/mol. The molecule has 4 nitrogen and oxygen atoms in total. The number of aryl methyl sites for hydroxylation is 1. The van der Waals surface area contributed by atoms with E-state index in [0.717, 1.165) is 12.1 Å². The molecule has 0 unspecified atom stereocenters. The summed E-state index contributed by atoms with van der Waals surface area (Å²) in [6, 6.07) is 1.77. The highest BCUT2D eigenvalue weighted by atomic mass is 19.1. The second-order valence-corrected chi connectivity index (χ2v) is 5.62. The number of aromatic hydroxyl groups is 1. The number of benzene rings is 1. The molecule has 6 heteroatoms. The largest absolute Gasteiger partial charge is 0.505 e. The molecule has 1 saturated carbocycles. The van der Waals surface area contributed by atoms with Gasteiger partial charge < -0.3 is 14.6 Å². The molecule has 0 radical (unpaired) electrons. The van der Waals surface area contributed by atoms with E-state index in [4.69, 9.17) is 14.6 Å². The Morgan fingerprint density at radius 1 is 1.33 bits per heavy atom. The maximum atomic E-state index is 13.7. The Morgan fingerprint density at radius 2 is 2.14 bits per heavy atom. The van der Waals surface area contributed by atoms with Crippen LogP contribution in [0.15, 0.2) is 12.1 Å². The molecule has 2 fully saturated rings. The topological polar surface area (TPSA) is 55.8 Å². The first kappa shape index (κ1) is 14.4. The number of halogens is 2. The average Bonchev–Trinajstić information content (AvgIpc) is 2.85. The fourth-order valence-corrected chi connectivity index (χ4v) is 3.09. The van der Waals surface area contributed by atoms with Crippen LogP contribution in [0.5, 0.6) is 5.75 Å². The van der Waals surface area contributed by atoms with E-state index < -0.39 is 23.0 Å². The lowest BCUT2D eigenvalue weighted by Crippen LogP contribution is -2.45. The van der Waals surface area contributed by atoms with Crippen molar-refractivity contribution in [2.24, 2.45) is 0 Å². The van der Waals surface area contributed by atoms with Crippen LogP contribution in [0.3, 0.4) is 0 Å². The van der Waals surface area contributed by atoms with E-state index in [1.165, 1.54) is 0 Å². The summed E-state index contributed by atoms with van der Waals surface area (Å²) in [4.78, 5) is 11.5. The molecule has 1 saturated heterocycles. The molecule has 2 atom stereocenters. The minimum atomic E-state index is -0.845. The zero-order chi connectivity index (χ0) is 15.0. The number of hydrogen-bond donors (Lipinski definition) is 1. The molecule has 0 spiro atoms. The zero-order valence-electron chi connectivity index (χ0n) is 11.4. The van der Waals surface area contributed by atoms with Gasteiger partial charge in [-0.1, -0.05) is 0 Å². The summed E-state index contributed by atoms with van der Waals surface area (Å²) in [5.74, 6) is -2.05. The van der Waals surface area contributed by atoms with Crippen LogP contribution in [-0.4, -0.2) is 29.4 Å². The number of carbonyl (C=O) groups is 1. The Kier molecular flexibility index (Phi) is 3.67. The van der Waals surface area contributed by atoms with E-state index in [0.29, 0.717) is 25.7 Å². The average molecular weight is 298 g/mol. The lowest BCUT2D eigenvalue weighted by molar-refractivity contribution is -0.127. The normalized spacial score (nSPS) is 28.7. The third kappa shape index (κ3) is 2.65. The van der Waals surface area contributed by atoms with Gasteiger partial charge in [0.2, 0.25) is 0 Å². The van der Waals surface area contributed by atoms with Crippen LogP contribution < -0.4 is 0 Å². The van der Waals surface area contributed by atoms with Gasteiger partial charge in [-0.2, -0.15) is 0 Å². The van der Waals surface area contributed by atoms with E-state index in [9.17, 15) is 13.6 Å².